The third-order valence-corrected chi connectivity index (χ3v) is 1.81. The van der Waals surface area contributed by atoms with Crippen LogP contribution in [0.5, 0.6) is 0 Å². The van der Waals surface area contributed by atoms with Crippen LogP contribution in [0.1, 0.15) is 12.8 Å². The van der Waals surface area contributed by atoms with E-state index in [0.29, 0.717) is 0 Å². The molecule has 3 nitrogen and oxygen atoms in total. The van der Waals surface area contributed by atoms with Crippen LogP contribution < -0.4 is 10.6 Å². The van der Waals surface area contributed by atoms with E-state index in [-0.39, 0.29) is 11.9 Å². The number of hydrogen-bond donors (Lipinski definition) is 2. The van der Waals surface area contributed by atoms with Gasteiger partial charge < -0.3 is 10.6 Å². The second kappa shape index (κ2) is 3.99. The Bertz CT molecular complexity index is 177. The van der Waals surface area contributed by atoms with E-state index in [4.69, 9.17) is 6.42 Å². The van der Waals surface area contributed by atoms with Crippen LogP contribution in [0.4, 0.5) is 0 Å². The molecule has 1 aliphatic heterocycles. The molecular formula is C8H12N2O. The SMILES string of the molecule is C#CC(=O)NC1CCNCC1. The zero-order valence-corrected chi connectivity index (χ0v) is 6.39. The molecule has 0 aliphatic carbocycles. The molecule has 1 heterocycles. The van der Waals surface area contributed by atoms with Gasteiger partial charge in [-0.25, -0.2) is 0 Å². The van der Waals surface area contributed by atoms with Crippen molar-refractivity contribution < 1.29 is 4.79 Å². The Labute approximate surface area is 66.5 Å². The number of amides is 1. The third-order valence-electron chi connectivity index (χ3n) is 1.81. The zero-order valence-electron chi connectivity index (χ0n) is 6.39. The summed E-state index contributed by atoms with van der Waals surface area (Å²) in [6, 6.07) is 0.278. The van der Waals surface area contributed by atoms with E-state index >= 15 is 0 Å². The van der Waals surface area contributed by atoms with Crippen LogP contribution in [0.2, 0.25) is 0 Å². The number of nitrogens with one attached hydrogen (secondary N) is 2. The maximum absolute atomic E-state index is 10.7. The highest BCUT2D eigenvalue weighted by Crippen LogP contribution is 2.00. The van der Waals surface area contributed by atoms with Gasteiger partial charge in [0.25, 0.3) is 5.91 Å². The van der Waals surface area contributed by atoms with Crippen molar-refractivity contribution in [2.45, 2.75) is 18.9 Å². The highest BCUT2D eigenvalue weighted by Gasteiger charge is 2.13. The summed E-state index contributed by atoms with van der Waals surface area (Å²) >= 11 is 0. The summed E-state index contributed by atoms with van der Waals surface area (Å²) in [5.74, 6) is 1.75. The van der Waals surface area contributed by atoms with Gasteiger partial charge in [0.1, 0.15) is 0 Å². The van der Waals surface area contributed by atoms with Gasteiger partial charge >= 0.3 is 0 Å². The van der Waals surface area contributed by atoms with E-state index in [1.807, 2.05) is 5.92 Å². The van der Waals surface area contributed by atoms with Gasteiger partial charge in [-0.15, -0.1) is 6.42 Å². The Kier molecular flexibility index (Phi) is 2.94. The monoisotopic (exact) mass is 152 g/mol. The largest absolute Gasteiger partial charge is 0.342 e. The van der Waals surface area contributed by atoms with Gasteiger partial charge in [-0.2, -0.15) is 0 Å². The van der Waals surface area contributed by atoms with Crippen LogP contribution in [0.15, 0.2) is 0 Å². The van der Waals surface area contributed by atoms with Crippen molar-refractivity contribution in [3.05, 3.63) is 0 Å². The van der Waals surface area contributed by atoms with Gasteiger partial charge in [-0.05, 0) is 31.9 Å². The molecule has 1 saturated heterocycles. The van der Waals surface area contributed by atoms with E-state index in [0.717, 1.165) is 25.9 Å². The summed E-state index contributed by atoms with van der Waals surface area (Å²) in [6.07, 6.45) is 6.87. The maximum atomic E-state index is 10.7. The number of carbonyl (C=O) groups excluding carboxylic acids is 1. The first-order valence-electron chi connectivity index (χ1n) is 3.81. The third kappa shape index (κ3) is 2.60. The predicted octanol–water partition coefficient (Wildman–Crippen LogP) is -0.512. The number of carbonyl (C=O) groups is 1. The Morgan fingerprint density at radius 1 is 1.55 bits per heavy atom. The molecule has 1 amide bonds. The molecule has 0 aromatic heterocycles. The fourth-order valence-corrected chi connectivity index (χ4v) is 1.19. The average molecular weight is 152 g/mol. The first-order chi connectivity index (χ1) is 5.33. The summed E-state index contributed by atoms with van der Waals surface area (Å²) in [5, 5.41) is 5.96. The van der Waals surface area contributed by atoms with Crippen molar-refractivity contribution in [3.8, 4) is 12.3 Å². The minimum atomic E-state index is -0.295. The molecule has 1 rings (SSSR count). The molecule has 0 unspecified atom stereocenters. The first-order valence-corrected chi connectivity index (χ1v) is 3.81. The van der Waals surface area contributed by atoms with Gasteiger partial charge in [0, 0.05) is 6.04 Å². The van der Waals surface area contributed by atoms with Gasteiger partial charge in [0.05, 0.1) is 0 Å². The molecule has 60 valence electrons. The van der Waals surface area contributed by atoms with E-state index in [9.17, 15) is 4.79 Å². The smallest absolute Gasteiger partial charge is 0.295 e. The topological polar surface area (TPSA) is 41.1 Å². The lowest BCUT2D eigenvalue weighted by atomic mass is 10.1. The molecule has 1 aliphatic rings. The summed E-state index contributed by atoms with van der Waals surface area (Å²) in [7, 11) is 0. The van der Waals surface area contributed by atoms with Crippen LogP contribution in [0.25, 0.3) is 0 Å². The summed E-state index contributed by atoms with van der Waals surface area (Å²) in [4.78, 5) is 10.7. The van der Waals surface area contributed by atoms with Crippen LogP contribution in [0, 0.1) is 12.3 Å². The van der Waals surface area contributed by atoms with E-state index in [1.165, 1.54) is 0 Å². The van der Waals surface area contributed by atoms with Crippen molar-refractivity contribution in [2.75, 3.05) is 13.1 Å². The quantitative estimate of drug-likeness (QED) is 0.497. The number of hydrogen-bond acceptors (Lipinski definition) is 2. The lowest BCUT2D eigenvalue weighted by Gasteiger charge is -2.22. The number of terminal acetylenes is 1. The van der Waals surface area contributed by atoms with Gasteiger partial charge in [-0.3, -0.25) is 4.79 Å². The van der Waals surface area contributed by atoms with E-state index in [1.54, 1.807) is 0 Å². The normalized spacial score (nSPS) is 18.8. The van der Waals surface area contributed by atoms with Crippen LogP contribution in [-0.2, 0) is 4.79 Å². The highest BCUT2D eigenvalue weighted by atomic mass is 16.1. The molecule has 0 bridgehead atoms. The molecule has 3 heteroatoms. The van der Waals surface area contributed by atoms with Crippen LogP contribution >= 0.6 is 0 Å². The van der Waals surface area contributed by atoms with Crippen molar-refractivity contribution in [1.82, 2.24) is 10.6 Å². The standard InChI is InChI=1S/C8H12N2O/c1-2-8(11)10-7-3-5-9-6-4-7/h1,7,9H,3-6H2,(H,10,11). The van der Waals surface area contributed by atoms with Crippen molar-refractivity contribution in [2.24, 2.45) is 0 Å². The Hall–Kier alpha value is -1.01. The molecule has 0 aromatic rings. The van der Waals surface area contributed by atoms with Gasteiger partial charge in [0.15, 0.2) is 0 Å². The zero-order chi connectivity index (χ0) is 8.10. The van der Waals surface area contributed by atoms with Crippen molar-refractivity contribution >= 4 is 5.91 Å². The second-order valence-electron chi connectivity index (χ2n) is 2.64. The van der Waals surface area contributed by atoms with Crippen LogP contribution in [-0.4, -0.2) is 25.0 Å². The maximum Gasteiger partial charge on any atom is 0.295 e. The predicted molar refractivity (Wildman–Crippen MR) is 42.9 cm³/mol. The van der Waals surface area contributed by atoms with Crippen molar-refractivity contribution in [1.29, 1.82) is 0 Å². The summed E-state index contributed by atoms with van der Waals surface area (Å²) in [6.45, 7) is 1.94. The molecule has 2 N–H and O–H groups in total. The Morgan fingerprint density at radius 3 is 2.73 bits per heavy atom. The van der Waals surface area contributed by atoms with Gasteiger partial charge in [-0.1, -0.05) is 0 Å². The second-order valence-corrected chi connectivity index (χ2v) is 2.64. The molecule has 0 aromatic carbocycles. The van der Waals surface area contributed by atoms with E-state index in [2.05, 4.69) is 10.6 Å². The molecule has 0 saturated carbocycles. The highest BCUT2D eigenvalue weighted by molar-refractivity contribution is 5.92. The Morgan fingerprint density at radius 2 is 2.18 bits per heavy atom. The van der Waals surface area contributed by atoms with Crippen molar-refractivity contribution in [3.63, 3.8) is 0 Å². The molecular weight excluding hydrogens is 140 g/mol. The number of piperidine rings is 1. The molecule has 11 heavy (non-hydrogen) atoms. The van der Waals surface area contributed by atoms with Gasteiger partial charge in [0.2, 0.25) is 0 Å². The Balaban J connectivity index is 2.25. The van der Waals surface area contributed by atoms with Crippen LogP contribution in [0.3, 0.4) is 0 Å². The lowest BCUT2D eigenvalue weighted by Crippen LogP contribution is -2.42. The van der Waals surface area contributed by atoms with E-state index < -0.39 is 0 Å². The summed E-state index contributed by atoms with van der Waals surface area (Å²) < 4.78 is 0. The molecule has 1 fully saturated rings. The molecule has 0 spiro atoms. The fraction of sp³-hybridized carbons (Fsp3) is 0.625. The fourth-order valence-electron chi connectivity index (χ4n) is 1.19. The minimum Gasteiger partial charge on any atom is -0.342 e. The minimum absolute atomic E-state index is 0.278. The summed E-state index contributed by atoms with van der Waals surface area (Å²) in [5.41, 5.74) is 0. The molecule has 0 atom stereocenters. The molecule has 0 radical (unpaired) electrons. The first kappa shape index (κ1) is 8.09. The lowest BCUT2D eigenvalue weighted by molar-refractivity contribution is -0.116. The number of rotatable bonds is 1. The average Bonchev–Trinajstić information content (AvgIpc) is 2.06.